The third kappa shape index (κ3) is 6.26. The summed E-state index contributed by atoms with van der Waals surface area (Å²) in [4.78, 5) is 4.55. The molecule has 1 aromatic carbocycles. The number of rotatable bonds is 6. The molecular weight excluding hydrogens is 258 g/mol. The number of aryl methyl sites for hydroxylation is 1. The van der Waals surface area contributed by atoms with Gasteiger partial charge in [0.2, 0.25) is 0 Å². The third-order valence-electron chi connectivity index (χ3n) is 2.91. The summed E-state index contributed by atoms with van der Waals surface area (Å²) in [7, 11) is 0. The lowest BCUT2D eigenvalue weighted by atomic mass is 10.0. The van der Waals surface area contributed by atoms with E-state index in [1.165, 1.54) is 5.56 Å². The van der Waals surface area contributed by atoms with Gasteiger partial charge in [0, 0.05) is 5.02 Å². The summed E-state index contributed by atoms with van der Waals surface area (Å²) in [6, 6.07) is 8.20. The first-order chi connectivity index (χ1) is 9.15. The van der Waals surface area contributed by atoms with E-state index in [1.807, 2.05) is 25.2 Å². The molecule has 0 aliphatic carbocycles. The van der Waals surface area contributed by atoms with Crippen LogP contribution in [0.3, 0.4) is 0 Å². The van der Waals surface area contributed by atoms with Crippen LogP contribution >= 0.6 is 11.6 Å². The molecule has 3 nitrogen and oxygen atoms in total. The van der Waals surface area contributed by atoms with Crippen molar-refractivity contribution in [2.24, 2.45) is 4.99 Å². The highest BCUT2D eigenvalue weighted by molar-refractivity contribution is 6.30. The number of halogens is 1. The van der Waals surface area contributed by atoms with Gasteiger partial charge in [-0.2, -0.15) is 5.26 Å². The van der Waals surface area contributed by atoms with Crippen LogP contribution in [0.1, 0.15) is 38.7 Å². The largest absolute Gasteiger partial charge is 0.281 e. The van der Waals surface area contributed by atoms with Gasteiger partial charge in [-0.25, -0.2) is 0 Å². The molecule has 0 aliphatic rings. The number of amidine groups is 1. The fraction of sp³-hybridized carbons (Fsp3) is 0.467. The van der Waals surface area contributed by atoms with Gasteiger partial charge in [0.05, 0.1) is 6.04 Å². The summed E-state index contributed by atoms with van der Waals surface area (Å²) in [5.41, 5.74) is 1.27. The van der Waals surface area contributed by atoms with E-state index in [-0.39, 0.29) is 6.04 Å². The quantitative estimate of drug-likeness (QED) is 0.371. The Bertz CT molecular complexity index is 445. The highest BCUT2D eigenvalue weighted by Gasteiger charge is 2.07. The molecule has 0 fully saturated rings. The van der Waals surface area contributed by atoms with Crippen molar-refractivity contribution >= 4 is 17.4 Å². The van der Waals surface area contributed by atoms with Crippen LogP contribution in [0.2, 0.25) is 5.02 Å². The zero-order valence-corrected chi connectivity index (χ0v) is 12.2. The minimum Gasteiger partial charge on any atom is -0.281 e. The average Bonchev–Trinajstić information content (AvgIpc) is 2.38. The minimum atomic E-state index is 0.265. The smallest absolute Gasteiger partial charge is 0.182 e. The normalized spacial score (nSPS) is 12.8. The summed E-state index contributed by atoms with van der Waals surface area (Å²) < 4.78 is 0. The second kappa shape index (κ2) is 8.55. The van der Waals surface area contributed by atoms with Crippen LogP contribution in [0.25, 0.3) is 0 Å². The van der Waals surface area contributed by atoms with Crippen molar-refractivity contribution in [2.45, 2.75) is 45.6 Å². The molecular formula is C15H20ClN3. The Kier molecular flexibility index (Phi) is 6.99. The second-order valence-corrected chi connectivity index (χ2v) is 5.00. The van der Waals surface area contributed by atoms with Crippen molar-refractivity contribution in [3.8, 4) is 6.19 Å². The van der Waals surface area contributed by atoms with E-state index in [4.69, 9.17) is 16.9 Å². The molecule has 0 saturated heterocycles. The Balaban J connectivity index is 2.56. The van der Waals surface area contributed by atoms with Crippen molar-refractivity contribution in [1.29, 1.82) is 5.26 Å². The first-order valence-corrected chi connectivity index (χ1v) is 6.97. The van der Waals surface area contributed by atoms with Gasteiger partial charge in [-0.3, -0.25) is 10.3 Å². The zero-order valence-electron chi connectivity index (χ0n) is 11.5. The number of nitriles is 1. The molecule has 0 amide bonds. The molecule has 1 atom stereocenters. The number of hydrogen-bond donors (Lipinski definition) is 1. The van der Waals surface area contributed by atoms with Crippen molar-refractivity contribution in [1.82, 2.24) is 5.32 Å². The maximum absolute atomic E-state index is 8.56. The van der Waals surface area contributed by atoms with Crippen LogP contribution in [0.5, 0.6) is 0 Å². The topological polar surface area (TPSA) is 48.2 Å². The van der Waals surface area contributed by atoms with E-state index in [0.717, 1.165) is 30.7 Å². The highest BCUT2D eigenvalue weighted by Crippen LogP contribution is 2.14. The minimum absolute atomic E-state index is 0.265. The third-order valence-corrected chi connectivity index (χ3v) is 3.17. The summed E-state index contributed by atoms with van der Waals surface area (Å²) >= 11 is 5.87. The average molecular weight is 278 g/mol. The molecule has 0 radical (unpaired) electrons. The molecule has 1 aromatic rings. The highest BCUT2D eigenvalue weighted by atomic mass is 35.5. The number of nitrogens with one attached hydrogen (secondary N) is 1. The first-order valence-electron chi connectivity index (χ1n) is 6.59. The number of nitrogens with zero attached hydrogens (tertiary/aromatic N) is 2. The Hall–Kier alpha value is -1.53. The summed E-state index contributed by atoms with van der Waals surface area (Å²) in [5.74, 6) is 0.692. The summed E-state index contributed by atoms with van der Waals surface area (Å²) in [6.07, 6.45) is 5.99. The van der Waals surface area contributed by atoms with Gasteiger partial charge in [0.1, 0.15) is 5.84 Å². The first kappa shape index (κ1) is 15.5. The number of hydrogen-bond acceptors (Lipinski definition) is 2. The molecule has 0 spiro atoms. The van der Waals surface area contributed by atoms with E-state index < -0.39 is 0 Å². The van der Waals surface area contributed by atoms with E-state index in [2.05, 4.69) is 29.4 Å². The van der Waals surface area contributed by atoms with Crippen LogP contribution < -0.4 is 5.32 Å². The Morgan fingerprint density at radius 2 is 2.05 bits per heavy atom. The van der Waals surface area contributed by atoms with Gasteiger partial charge in [-0.1, -0.05) is 37.1 Å². The molecule has 0 heterocycles. The van der Waals surface area contributed by atoms with Crippen molar-refractivity contribution in [2.75, 3.05) is 0 Å². The van der Waals surface area contributed by atoms with Crippen LogP contribution in [0.15, 0.2) is 29.3 Å². The van der Waals surface area contributed by atoms with Crippen LogP contribution in [-0.2, 0) is 6.42 Å². The fourth-order valence-corrected chi connectivity index (χ4v) is 2.10. The lowest BCUT2D eigenvalue weighted by Crippen LogP contribution is -2.18. The lowest BCUT2D eigenvalue weighted by molar-refractivity contribution is 0.562. The standard InChI is InChI=1S/C15H20ClN3/c1-3-4-15(19-12(2)18-11-17)10-7-13-5-8-14(16)9-6-13/h5-6,8-9,15H,3-4,7,10H2,1-2H3,(H,18,19)/t15-/m0/s1. The van der Waals surface area contributed by atoms with Gasteiger partial charge in [0.25, 0.3) is 0 Å². The van der Waals surface area contributed by atoms with Gasteiger partial charge >= 0.3 is 0 Å². The molecule has 0 aliphatic heterocycles. The van der Waals surface area contributed by atoms with E-state index in [9.17, 15) is 0 Å². The molecule has 102 valence electrons. The maximum atomic E-state index is 8.56. The summed E-state index contributed by atoms with van der Waals surface area (Å²) in [6.45, 7) is 3.98. The molecule has 1 N–H and O–H groups in total. The van der Waals surface area contributed by atoms with E-state index in [1.54, 1.807) is 0 Å². The van der Waals surface area contributed by atoms with Gasteiger partial charge < -0.3 is 0 Å². The molecule has 4 heteroatoms. The zero-order chi connectivity index (χ0) is 14.1. The predicted octanol–water partition coefficient (Wildman–Crippen LogP) is 3.93. The predicted molar refractivity (Wildman–Crippen MR) is 80.3 cm³/mol. The Labute approximate surface area is 120 Å². The lowest BCUT2D eigenvalue weighted by Gasteiger charge is -2.12. The molecule has 0 bridgehead atoms. The number of aliphatic imine (C=N–C) groups is 1. The van der Waals surface area contributed by atoms with Crippen LogP contribution in [-0.4, -0.2) is 11.9 Å². The van der Waals surface area contributed by atoms with Crippen molar-refractivity contribution in [3.63, 3.8) is 0 Å². The molecule has 0 unspecified atom stereocenters. The molecule has 19 heavy (non-hydrogen) atoms. The van der Waals surface area contributed by atoms with Gasteiger partial charge in [-0.15, -0.1) is 0 Å². The fourth-order valence-electron chi connectivity index (χ4n) is 1.98. The molecule has 0 saturated carbocycles. The maximum Gasteiger partial charge on any atom is 0.182 e. The summed E-state index contributed by atoms with van der Waals surface area (Å²) in [5, 5.41) is 11.9. The van der Waals surface area contributed by atoms with Crippen LogP contribution in [0.4, 0.5) is 0 Å². The number of benzene rings is 1. The van der Waals surface area contributed by atoms with Crippen LogP contribution in [0, 0.1) is 11.5 Å². The van der Waals surface area contributed by atoms with Crippen molar-refractivity contribution < 1.29 is 0 Å². The molecule has 1 rings (SSSR count). The van der Waals surface area contributed by atoms with E-state index >= 15 is 0 Å². The Morgan fingerprint density at radius 3 is 2.63 bits per heavy atom. The molecule has 0 aromatic heterocycles. The monoisotopic (exact) mass is 277 g/mol. The Morgan fingerprint density at radius 1 is 1.37 bits per heavy atom. The van der Waals surface area contributed by atoms with Gasteiger partial charge in [0.15, 0.2) is 6.19 Å². The van der Waals surface area contributed by atoms with E-state index in [0.29, 0.717) is 5.84 Å². The van der Waals surface area contributed by atoms with Crippen molar-refractivity contribution in [3.05, 3.63) is 34.9 Å². The second-order valence-electron chi connectivity index (χ2n) is 4.56. The van der Waals surface area contributed by atoms with Gasteiger partial charge in [-0.05, 0) is 43.9 Å². The SMILES string of the molecule is CCC[C@@H](CCc1ccc(Cl)cc1)N=C(C)NC#N.